The van der Waals surface area contributed by atoms with E-state index >= 15 is 0 Å². The minimum absolute atomic E-state index is 0.401. The normalized spacial score (nSPS) is 17.3. The molecule has 0 aliphatic carbocycles. The van der Waals surface area contributed by atoms with Gasteiger partial charge in [-0.05, 0) is 30.2 Å². The first-order valence-corrected chi connectivity index (χ1v) is 6.78. The summed E-state index contributed by atoms with van der Waals surface area (Å²) < 4.78 is 0. The summed E-state index contributed by atoms with van der Waals surface area (Å²) in [5.41, 5.74) is 1.60. The van der Waals surface area contributed by atoms with Crippen LogP contribution in [0.2, 0.25) is 0 Å². The summed E-state index contributed by atoms with van der Waals surface area (Å²) in [6.45, 7) is 1.87. The Bertz CT molecular complexity index is 740. The summed E-state index contributed by atoms with van der Waals surface area (Å²) in [6.07, 6.45) is 5.39. The lowest BCUT2D eigenvalue weighted by Gasteiger charge is -2.21. The van der Waals surface area contributed by atoms with Crippen LogP contribution in [0.5, 0.6) is 0 Å². The minimum atomic E-state index is -0.408. The molecule has 22 heavy (non-hydrogen) atoms. The lowest BCUT2D eigenvalue weighted by Crippen LogP contribution is -2.32. The smallest absolute Gasteiger partial charge is 0.258 e. The average Bonchev–Trinajstić information content (AvgIpc) is 3.01. The molecule has 0 bridgehead atoms. The Balaban J connectivity index is 2.02. The number of carbonyl (C=O) groups excluding carboxylic acids is 4. The Morgan fingerprint density at radius 3 is 1.77 bits per heavy atom. The molecule has 0 fully saturated rings. The largest absolute Gasteiger partial charge is 0.269 e. The van der Waals surface area contributed by atoms with Crippen LogP contribution in [-0.4, -0.2) is 23.6 Å². The third-order valence-corrected chi connectivity index (χ3v) is 3.56. The van der Waals surface area contributed by atoms with Crippen LogP contribution in [0.15, 0.2) is 42.5 Å². The Morgan fingerprint density at radius 1 is 0.773 bits per heavy atom. The summed E-state index contributed by atoms with van der Waals surface area (Å²) in [5, 5.41) is 0. The fourth-order valence-electron chi connectivity index (χ4n) is 2.50. The molecule has 0 saturated heterocycles. The number of hydrogen-bond acceptors (Lipinski definition) is 4. The predicted molar refractivity (Wildman–Crippen MR) is 79.1 cm³/mol. The van der Waals surface area contributed by atoms with E-state index in [4.69, 9.17) is 0 Å². The van der Waals surface area contributed by atoms with E-state index in [1.54, 1.807) is 18.2 Å². The molecule has 2 aliphatic heterocycles. The Kier molecular flexibility index (Phi) is 3.21. The average molecular weight is 296 g/mol. The van der Waals surface area contributed by atoms with Gasteiger partial charge in [-0.25, -0.2) is 9.80 Å². The minimum Gasteiger partial charge on any atom is -0.269 e. The molecule has 0 atom stereocenters. The number of nitrogens with zero attached hydrogens (tertiary/aromatic N) is 2. The third-order valence-electron chi connectivity index (χ3n) is 3.56. The van der Waals surface area contributed by atoms with Crippen molar-refractivity contribution in [3.8, 4) is 0 Å². The van der Waals surface area contributed by atoms with Crippen molar-refractivity contribution < 1.29 is 19.2 Å². The summed E-state index contributed by atoms with van der Waals surface area (Å²) in [6, 6.07) is 4.78. The van der Waals surface area contributed by atoms with Crippen molar-refractivity contribution in [1.29, 1.82) is 0 Å². The first-order valence-electron chi connectivity index (χ1n) is 6.78. The first-order chi connectivity index (χ1) is 10.5. The van der Waals surface area contributed by atoms with Gasteiger partial charge < -0.3 is 0 Å². The zero-order chi connectivity index (χ0) is 15.9. The van der Waals surface area contributed by atoms with Gasteiger partial charge in [-0.2, -0.15) is 0 Å². The van der Waals surface area contributed by atoms with Crippen LogP contribution in [0.1, 0.15) is 12.5 Å². The molecule has 4 amide bonds. The van der Waals surface area contributed by atoms with E-state index in [9.17, 15) is 19.2 Å². The van der Waals surface area contributed by atoms with Gasteiger partial charge in [0.1, 0.15) is 0 Å². The molecule has 0 saturated carbocycles. The van der Waals surface area contributed by atoms with Gasteiger partial charge in [-0.3, -0.25) is 19.2 Å². The van der Waals surface area contributed by atoms with Crippen molar-refractivity contribution in [2.45, 2.75) is 13.3 Å². The molecule has 6 heteroatoms. The van der Waals surface area contributed by atoms with E-state index < -0.39 is 23.6 Å². The fraction of sp³-hybridized carbons (Fsp3) is 0.125. The predicted octanol–water partition coefficient (Wildman–Crippen LogP) is 1.11. The molecule has 1 aromatic carbocycles. The summed E-state index contributed by atoms with van der Waals surface area (Å²) in [4.78, 5) is 49.1. The van der Waals surface area contributed by atoms with Crippen molar-refractivity contribution in [1.82, 2.24) is 0 Å². The fourth-order valence-corrected chi connectivity index (χ4v) is 2.50. The molecule has 0 unspecified atom stereocenters. The lowest BCUT2D eigenvalue weighted by molar-refractivity contribution is -0.121. The molecule has 0 spiro atoms. The maximum atomic E-state index is 11.8. The number of imide groups is 2. The number of aryl methyl sites for hydroxylation is 1. The van der Waals surface area contributed by atoms with Crippen molar-refractivity contribution in [3.05, 3.63) is 48.1 Å². The second-order valence-corrected chi connectivity index (χ2v) is 4.86. The summed E-state index contributed by atoms with van der Waals surface area (Å²) in [7, 11) is 0. The standard InChI is InChI=1S/C16H12N2O4/c1-2-10-9-11(17-13(19)5-6-14(17)20)3-4-12(10)18-15(21)7-8-16(18)22/h3-9H,2H2,1H3. The van der Waals surface area contributed by atoms with E-state index in [1.807, 2.05) is 6.92 Å². The monoisotopic (exact) mass is 296 g/mol. The molecule has 1 aromatic rings. The highest BCUT2D eigenvalue weighted by molar-refractivity contribution is 6.29. The van der Waals surface area contributed by atoms with Gasteiger partial charge in [0, 0.05) is 24.3 Å². The maximum absolute atomic E-state index is 11.8. The van der Waals surface area contributed by atoms with Crippen LogP contribution < -0.4 is 9.80 Å². The maximum Gasteiger partial charge on any atom is 0.258 e. The van der Waals surface area contributed by atoms with Crippen LogP contribution >= 0.6 is 0 Å². The summed E-state index contributed by atoms with van der Waals surface area (Å²) >= 11 is 0. The molecule has 110 valence electrons. The van der Waals surface area contributed by atoms with E-state index in [0.29, 0.717) is 23.4 Å². The van der Waals surface area contributed by atoms with Crippen LogP contribution in [0.4, 0.5) is 11.4 Å². The Morgan fingerprint density at radius 2 is 1.27 bits per heavy atom. The molecule has 0 radical (unpaired) electrons. The van der Waals surface area contributed by atoms with Gasteiger partial charge in [0.15, 0.2) is 0 Å². The van der Waals surface area contributed by atoms with E-state index in [1.165, 1.54) is 24.3 Å². The number of hydrogen-bond donors (Lipinski definition) is 0. The third kappa shape index (κ3) is 2.05. The van der Waals surface area contributed by atoms with Crippen molar-refractivity contribution in [3.63, 3.8) is 0 Å². The van der Waals surface area contributed by atoms with Crippen molar-refractivity contribution in [2.75, 3.05) is 9.80 Å². The van der Waals surface area contributed by atoms with Gasteiger partial charge >= 0.3 is 0 Å². The second kappa shape index (κ2) is 5.07. The molecular weight excluding hydrogens is 284 g/mol. The highest BCUT2D eigenvalue weighted by atomic mass is 16.2. The Hall–Kier alpha value is -3.02. The first kappa shape index (κ1) is 13.9. The zero-order valence-corrected chi connectivity index (χ0v) is 11.8. The molecular formula is C16H12N2O4. The highest BCUT2D eigenvalue weighted by Gasteiger charge is 2.29. The van der Waals surface area contributed by atoms with Gasteiger partial charge in [0.05, 0.1) is 11.4 Å². The second-order valence-electron chi connectivity index (χ2n) is 4.86. The van der Waals surface area contributed by atoms with Gasteiger partial charge in [-0.1, -0.05) is 6.92 Å². The molecule has 2 heterocycles. The van der Waals surface area contributed by atoms with E-state index in [2.05, 4.69) is 0 Å². The lowest BCUT2D eigenvalue weighted by atomic mass is 10.1. The van der Waals surface area contributed by atoms with E-state index in [-0.39, 0.29) is 0 Å². The van der Waals surface area contributed by atoms with Crippen LogP contribution in [-0.2, 0) is 25.6 Å². The summed E-state index contributed by atoms with van der Waals surface area (Å²) in [5.74, 6) is -1.62. The molecule has 6 nitrogen and oxygen atoms in total. The quantitative estimate of drug-likeness (QED) is 0.783. The van der Waals surface area contributed by atoms with Gasteiger partial charge in [-0.15, -0.1) is 0 Å². The van der Waals surface area contributed by atoms with Crippen molar-refractivity contribution in [2.24, 2.45) is 0 Å². The molecule has 3 rings (SSSR count). The number of benzene rings is 1. The zero-order valence-electron chi connectivity index (χ0n) is 11.8. The van der Waals surface area contributed by atoms with Gasteiger partial charge in [0.2, 0.25) is 0 Å². The van der Waals surface area contributed by atoms with Crippen molar-refractivity contribution >= 4 is 35.0 Å². The van der Waals surface area contributed by atoms with Crippen LogP contribution in [0.3, 0.4) is 0 Å². The number of carbonyl (C=O) groups is 4. The van der Waals surface area contributed by atoms with E-state index in [0.717, 1.165) is 9.80 Å². The SMILES string of the molecule is CCc1cc(N2C(=O)C=CC2=O)ccc1N1C(=O)C=CC1=O. The van der Waals surface area contributed by atoms with Gasteiger partial charge in [0.25, 0.3) is 23.6 Å². The number of anilines is 2. The number of amides is 4. The molecule has 0 N–H and O–H groups in total. The van der Waals surface area contributed by atoms with Crippen LogP contribution in [0.25, 0.3) is 0 Å². The topological polar surface area (TPSA) is 74.8 Å². The highest BCUT2D eigenvalue weighted by Crippen LogP contribution is 2.30. The van der Waals surface area contributed by atoms with Crippen LogP contribution in [0, 0.1) is 0 Å². The molecule has 0 aromatic heterocycles. The Labute approximate surface area is 126 Å². The molecule has 2 aliphatic rings. The number of rotatable bonds is 3.